The topological polar surface area (TPSA) is 69.9 Å². The third-order valence-corrected chi connectivity index (χ3v) is 6.20. The predicted octanol–water partition coefficient (Wildman–Crippen LogP) is 9.13. The van der Waals surface area contributed by atoms with Crippen LogP contribution in [0.25, 0.3) is 0 Å². The van der Waals surface area contributed by atoms with Crippen LogP contribution in [0.4, 0.5) is 0 Å². The van der Waals surface area contributed by atoms with Gasteiger partial charge in [0.25, 0.3) is 0 Å². The molecule has 6 heteroatoms. The summed E-state index contributed by atoms with van der Waals surface area (Å²) in [5.74, 6) is 5.01. The first-order chi connectivity index (χ1) is 16.6. The molecule has 3 heterocycles. The highest BCUT2D eigenvalue weighted by Crippen LogP contribution is 2.29. The monoisotopic (exact) mass is 500 g/mol. The SMILES string of the molecule is CC(C)c1ncn(C)c1C(C)C.Cc1noc(C(C)C)c1C(C)C.Cc1onc(C(C)C)c1C(C)C. The molecule has 3 rings (SSSR count). The Labute approximate surface area is 220 Å². The van der Waals surface area contributed by atoms with Crippen molar-refractivity contribution in [2.45, 2.75) is 132 Å². The fourth-order valence-electron chi connectivity index (χ4n) is 4.63. The highest BCUT2D eigenvalue weighted by Gasteiger charge is 2.19. The molecule has 0 spiro atoms. The zero-order valence-corrected chi connectivity index (χ0v) is 25.6. The average molecular weight is 501 g/mol. The Morgan fingerprint density at radius 3 is 1.47 bits per heavy atom. The van der Waals surface area contributed by atoms with Gasteiger partial charge in [0.1, 0.15) is 11.5 Å². The third-order valence-electron chi connectivity index (χ3n) is 6.20. The molecule has 0 atom stereocenters. The van der Waals surface area contributed by atoms with E-state index in [0.29, 0.717) is 35.5 Å². The molecule has 6 nitrogen and oxygen atoms in total. The fraction of sp³-hybridized carbons (Fsp3) is 0.700. The largest absolute Gasteiger partial charge is 0.361 e. The van der Waals surface area contributed by atoms with Crippen LogP contribution in [0, 0.1) is 13.8 Å². The molecule has 0 saturated heterocycles. The van der Waals surface area contributed by atoms with Crippen LogP contribution >= 0.6 is 0 Å². The first kappa shape index (κ1) is 31.7. The Morgan fingerprint density at radius 1 is 0.611 bits per heavy atom. The van der Waals surface area contributed by atoms with Crippen molar-refractivity contribution >= 4 is 0 Å². The Balaban J connectivity index is 0.000000270. The van der Waals surface area contributed by atoms with Crippen molar-refractivity contribution in [3.63, 3.8) is 0 Å². The molecule has 3 aromatic rings. The van der Waals surface area contributed by atoms with Crippen LogP contribution in [0.1, 0.15) is 164 Å². The summed E-state index contributed by atoms with van der Waals surface area (Å²) in [5.41, 5.74) is 7.32. The number of aromatic nitrogens is 4. The molecular formula is C30H52N4O2. The van der Waals surface area contributed by atoms with Gasteiger partial charge in [0.05, 0.1) is 23.4 Å². The molecule has 0 saturated carbocycles. The molecule has 0 aliphatic carbocycles. The molecule has 0 bridgehead atoms. The van der Waals surface area contributed by atoms with E-state index >= 15 is 0 Å². The van der Waals surface area contributed by atoms with Gasteiger partial charge in [0.15, 0.2) is 0 Å². The van der Waals surface area contributed by atoms with Gasteiger partial charge in [-0.3, -0.25) is 0 Å². The number of hydrogen-bond acceptors (Lipinski definition) is 5. The lowest BCUT2D eigenvalue weighted by atomic mass is 9.96. The van der Waals surface area contributed by atoms with Crippen LogP contribution in [0.5, 0.6) is 0 Å². The van der Waals surface area contributed by atoms with Gasteiger partial charge >= 0.3 is 0 Å². The molecular weight excluding hydrogens is 448 g/mol. The van der Waals surface area contributed by atoms with Gasteiger partial charge in [-0.1, -0.05) is 93.4 Å². The van der Waals surface area contributed by atoms with Crippen LogP contribution in [0.2, 0.25) is 0 Å². The molecule has 0 unspecified atom stereocenters. The highest BCUT2D eigenvalue weighted by molar-refractivity contribution is 5.28. The molecule has 0 radical (unpaired) electrons. The van der Waals surface area contributed by atoms with E-state index in [1.807, 2.05) is 20.2 Å². The molecule has 0 aromatic carbocycles. The summed E-state index contributed by atoms with van der Waals surface area (Å²) in [6.07, 6.45) is 1.91. The highest BCUT2D eigenvalue weighted by atomic mass is 16.5. The third kappa shape index (κ3) is 8.07. The lowest BCUT2D eigenvalue weighted by Gasteiger charge is -2.11. The maximum absolute atomic E-state index is 5.27. The summed E-state index contributed by atoms with van der Waals surface area (Å²) < 4.78 is 12.6. The standard InChI is InChI=1S/C10H18N2.2C10H17NO/c1-7(2)9-10(8(3)4)12(5)6-11-9;1-6(2)9-8(5)12-11-10(9)7(3)4;1-6(2)9-8(5)11-12-10(9)7(3)4/h6-8H,1-5H3;2*6-7H,1-5H3. The fourth-order valence-corrected chi connectivity index (χ4v) is 4.63. The van der Waals surface area contributed by atoms with Crippen molar-refractivity contribution in [3.05, 3.63) is 51.8 Å². The maximum atomic E-state index is 5.27. The van der Waals surface area contributed by atoms with Crippen molar-refractivity contribution in [1.29, 1.82) is 0 Å². The van der Waals surface area contributed by atoms with Crippen LogP contribution in [0.3, 0.4) is 0 Å². The van der Waals surface area contributed by atoms with Crippen molar-refractivity contribution in [2.75, 3.05) is 0 Å². The number of hydrogen-bond donors (Lipinski definition) is 0. The van der Waals surface area contributed by atoms with Crippen molar-refractivity contribution in [1.82, 2.24) is 19.9 Å². The second kappa shape index (κ2) is 13.8. The first-order valence-corrected chi connectivity index (χ1v) is 13.5. The van der Waals surface area contributed by atoms with E-state index in [1.165, 1.54) is 22.5 Å². The van der Waals surface area contributed by atoms with Gasteiger partial charge in [-0.05, 0) is 43.4 Å². The van der Waals surface area contributed by atoms with E-state index in [1.54, 1.807) is 0 Å². The second-order valence-corrected chi connectivity index (χ2v) is 11.6. The van der Waals surface area contributed by atoms with E-state index in [4.69, 9.17) is 9.05 Å². The summed E-state index contributed by atoms with van der Waals surface area (Å²) in [4.78, 5) is 4.40. The van der Waals surface area contributed by atoms with Crippen LogP contribution in [-0.4, -0.2) is 19.9 Å². The minimum atomic E-state index is 0.434. The summed E-state index contributed by atoms with van der Waals surface area (Å²) in [6, 6.07) is 0. The summed E-state index contributed by atoms with van der Waals surface area (Å²) >= 11 is 0. The van der Waals surface area contributed by atoms with Crippen LogP contribution in [-0.2, 0) is 7.05 Å². The normalized spacial score (nSPS) is 11.6. The minimum absolute atomic E-state index is 0.434. The van der Waals surface area contributed by atoms with Gasteiger partial charge in [0, 0.05) is 29.8 Å². The van der Waals surface area contributed by atoms with Gasteiger partial charge in [-0.2, -0.15) is 0 Å². The van der Waals surface area contributed by atoms with Gasteiger partial charge in [-0.25, -0.2) is 4.98 Å². The lowest BCUT2D eigenvalue weighted by Crippen LogP contribution is -2.02. The van der Waals surface area contributed by atoms with E-state index in [-0.39, 0.29) is 0 Å². The van der Waals surface area contributed by atoms with E-state index < -0.39 is 0 Å². The Morgan fingerprint density at radius 2 is 1.14 bits per heavy atom. The molecule has 0 N–H and O–H groups in total. The van der Waals surface area contributed by atoms with Crippen LogP contribution in [0.15, 0.2) is 15.4 Å². The van der Waals surface area contributed by atoms with Crippen LogP contribution < -0.4 is 0 Å². The summed E-state index contributed by atoms with van der Waals surface area (Å²) in [7, 11) is 2.06. The second-order valence-electron chi connectivity index (χ2n) is 11.6. The molecule has 3 aromatic heterocycles. The van der Waals surface area contributed by atoms with Gasteiger partial charge in [-0.15, -0.1) is 0 Å². The number of nitrogens with zero attached hydrogens (tertiary/aromatic N) is 4. The number of imidazole rings is 1. The molecule has 0 aliphatic rings. The number of rotatable bonds is 6. The van der Waals surface area contributed by atoms with E-state index in [0.717, 1.165) is 22.9 Å². The quantitative estimate of drug-likeness (QED) is 0.337. The van der Waals surface area contributed by atoms with Crippen molar-refractivity contribution in [3.8, 4) is 0 Å². The Hall–Kier alpha value is -2.37. The van der Waals surface area contributed by atoms with Crippen molar-refractivity contribution < 1.29 is 9.05 Å². The first-order valence-electron chi connectivity index (χ1n) is 13.5. The Bertz CT molecular complexity index is 916. The summed E-state index contributed by atoms with van der Waals surface area (Å²) in [5, 5.41) is 8.05. The maximum Gasteiger partial charge on any atom is 0.142 e. The lowest BCUT2D eigenvalue weighted by molar-refractivity contribution is 0.365. The zero-order valence-electron chi connectivity index (χ0n) is 25.6. The molecule has 36 heavy (non-hydrogen) atoms. The van der Waals surface area contributed by atoms with E-state index in [2.05, 4.69) is 110 Å². The number of aryl methyl sites for hydroxylation is 3. The summed E-state index contributed by atoms with van der Waals surface area (Å²) in [6.45, 7) is 30.0. The smallest absolute Gasteiger partial charge is 0.142 e. The van der Waals surface area contributed by atoms with E-state index in [9.17, 15) is 0 Å². The average Bonchev–Trinajstić information content (AvgIpc) is 3.44. The molecule has 0 aliphatic heterocycles. The molecule has 0 amide bonds. The molecule has 204 valence electrons. The van der Waals surface area contributed by atoms with Gasteiger partial charge < -0.3 is 13.6 Å². The zero-order chi connectivity index (χ0) is 27.9. The Kier molecular flexibility index (Phi) is 12.1. The minimum Gasteiger partial charge on any atom is -0.361 e. The molecule has 0 fully saturated rings. The predicted molar refractivity (Wildman–Crippen MR) is 150 cm³/mol. The van der Waals surface area contributed by atoms with Gasteiger partial charge in [0.2, 0.25) is 0 Å². The van der Waals surface area contributed by atoms with Crippen molar-refractivity contribution in [2.24, 2.45) is 7.05 Å².